The van der Waals surface area contributed by atoms with E-state index in [0.717, 1.165) is 19.3 Å². The lowest BCUT2D eigenvalue weighted by Crippen LogP contribution is -2.72. The SMILES string of the molecule is CC(C)C12CC(S(C)(=O)=O)(C1)C2. The molecule has 0 aromatic rings. The molecule has 12 heavy (non-hydrogen) atoms. The van der Waals surface area contributed by atoms with Crippen LogP contribution in [0.3, 0.4) is 0 Å². The molecule has 2 nitrogen and oxygen atoms in total. The van der Waals surface area contributed by atoms with Crippen LogP contribution in [0.1, 0.15) is 33.1 Å². The first-order chi connectivity index (χ1) is 5.31. The van der Waals surface area contributed by atoms with Gasteiger partial charge in [0.2, 0.25) is 0 Å². The summed E-state index contributed by atoms with van der Waals surface area (Å²) in [7, 11) is -2.77. The fourth-order valence-electron chi connectivity index (χ4n) is 2.78. The lowest BCUT2D eigenvalue weighted by molar-refractivity contribution is -0.118. The van der Waals surface area contributed by atoms with Crippen LogP contribution in [0.5, 0.6) is 0 Å². The van der Waals surface area contributed by atoms with Crippen molar-refractivity contribution in [2.75, 3.05) is 6.26 Å². The summed E-state index contributed by atoms with van der Waals surface area (Å²) in [5, 5.41) is 0. The van der Waals surface area contributed by atoms with Crippen LogP contribution >= 0.6 is 0 Å². The van der Waals surface area contributed by atoms with Crippen LogP contribution < -0.4 is 0 Å². The molecule has 0 aliphatic heterocycles. The summed E-state index contributed by atoms with van der Waals surface area (Å²) in [6, 6.07) is 0. The molecular weight excluding hydrogens is 172 g/mol. The van der Waals surface area contributed by atoms with E-state index in [0.29, 0.717) is 11.3 Å². The molecule has 0 aromatic heterocycles. The van der Waals surface area contributed by atoms with Crippen LogP contribution in [0.15, 0.2) is 0 Å². The summed E-state index contributed by atoms with van der Waals surface area (Å²) in [6.45, 7) is 4.40. The van der Waals surface area contributed by atoms with Crippen molar-refractivity contribution < 1.29 is 8.42 Å². The summed E-state index contributed by atoms with van der Waals surface area (Å²) < 4.78 is 22.4. The summed E-state index contributed by atoms with van der Waals surface area (Å²) >= 11 is 0. The van der Waals surface area contributed by atoms with E-state index < -0.39 is 9.84 Å². The van der Waals surface area contributed by atoms with Crippen LogP contribution in [-0.2, 0) is 9.84 Å². The predicted molar refractivity (Wildman–Crippen MR) is 48.7 cm³/mol. The van der Waals surface area contributed by atoms with E-state index in [9.17, 15) is 8.42 Å². The van der Waals surface area contributed by atoms with Gasteiger partial charge < -0.3 is 0 Å². The highest BCUT2D eigenvalue weighted by Gasteiger charge is 2.73. The molecule has 0 atom stereocenters. The Morgan fingerprint density at radius 1 is 1.17 bits per heavy atom. The molecule has 0 heterocycles. The Kier molecular flexibility index (Phi) is 1.35. The molecule has 3 saturated carbocycles. The Labute approximate surface area is 74.3 Å². The number of hydrogen-bond acceptors (Lipinski definition) is 2. The van der Waals surface area contributed by atoms with E-state index >= 15 is 0 Å². The molecule has 70 valence electrons. The molecule has 3 rings (SSSR count). The van der Waals surface area contributed by atoms with Crippen LogP contribution in [0, 0.1) is 11.3 Å². The minimum absolute atomic E-state index is 0.280. The largest absolute Gasteiger partial charge is 0.229 e. The molecule has 0 amide bonds. The van der Waals surface area contributed by atoms with Crippen molar-refractivity contribution in [3.8, 4) is 0 Å². The van der Waals surface area contributed by atoms with Gasteiger partial charge in [0, 0.05) is 6.26 Å². The minimum Gasteiger partial charge on any atom is -0.229 e. The maximum Gasteiger partial charge on any atom is 0.153 e. The molecule has 3 aliphatic rings. The third-order valence-corrected chi connectivity index (χ3v) is 6.04. The van der Waals surface area contributed by atoms with Crippen LogP contribution in [0.25, 0.3) is 0 Å². The lowest BCUT2D eigenvalue weighted by Gasteiger charge is -2.71. The van der Waals surface area contributed by atoms with E-state index in [-0.39, 0.29) is 4.75 Å². The van der Waals surface area contributed by atoms with Gasteiger partial charge in [-0.05, 0) is 30.6 Å². The van der Waals surface area contributed by atoms with Gasteiger partial charge in [-0.2, -0.15) is 0 Å². The van der Waals surface area contributed by atoms with Crippen molar-refractivity contribution in [1.29, 1.82) is 0 Å². The van der Waals surface area contributed by atoms with Crippen LogP contribution in [0.2, 0.25) is 0 Å². The highest BCUT2D eigenvalue weighted by Crippen LogP contribution is 2.73. The van der Waals surface area contributed by atoms with Gasteiger partial charge in [0.25, 0.3) is 0 Å². The average Bonchev–Trinajstić information content (AvgIpc) is 1.46. The average molecular weight is 188 g/mol. The highest BCUT2D eigenvalue weighted by atomic mass is 32.2. The second kappa shape index (κ2) is 1.89. The van der Waals surface area contributed by atoms with Crippen molar-refractivity contribution >= 4 is 9.84 Å². The molecule has 0 spiro atoms. The van der Waals surface area contributed by atoms with E-state index in [1.807, 2.05) is 0 Å². The number of hydrogen-bond donors (Lipinski definition) is 0. The summed E-state index contributed by atoms with van der Waals surface area (Å²) in [5.41, 5.74) is 0.406. The molecule has 0 unspecified atom stereocenters. The minimum atomic E-state index is -2.77. The molecule has 2 bridgehead atoms. The molecule has 0 aromatic carbocycles. The second-order valence-corrected chi connectivity index (χ2v) is 7.41. The van der Waals surface area contributed by atoms with E-state index in [1.165, 1.54) is 6.26 Å². The van der Waals surface area contributed by atoms with Crippen LogP contribution in [-0.4, -0.2) is 19.4 Å². The smallest absolute Gasteiger partial charge is 0.153 e. The second-order valence-electron chi connectivity index (χ2n) is 5.00. The van der Waals surface area contributed by atoms with Crippen molar-refractivity contribution in [1.82, 2.24) is 0 Å². The lowest BCUT2D eigenvalue weighted by atomic mass is 9.40. The first-order valence-electron chi connectivity index (χ1n) is 4.51. The normalized spacial score (nSPS) is 45.3. The molecule has 3 fully saturated rings. The molecule has 3 heteroatoms. The fourth-order valence-corrected chi connectivity index (χ4v) is 4.42. The molecule has 3 aliphatic carbocycles. The van der Waals surface area contributed by atoms with Crippen molar-refractivity contribution in [2.24, 2.45) is 11.3 Å². The summed E-state index contributed by atoms with van der Waals surface area (Å²) in [4.78, 5) is 0. The van der Waals surface area contributed by atoms with Crippen molar-refractivity contribution in [3.63, 3.8) is 0 Å². The number of rotatable bonds is 2. The summed E-state index contributed by atoms with van der Waals surface area (Å²) in [5.74, 6) is 0.654. The zero-order chi connectivity index (χ0) is 9.20. The Bertz CT molecular complexity index is 294. The van der Waals surface area contributed by atoms with Gasteiger partial charge in [-0.3, -0.25) is 0 Å². The zero-order valence-electron chi connectivity index (χ0n) is 7.92. The first-order valence-corrected chi connectivity index (χ1v) is 6.40. The van der Waals surface area contributed by atoms with Gasteiger partial charge in [0.1, 0.15) is 0 Å². The van der Waals surface area contributed by atoms with Gasteiger partial charge in [-0.1, -0.05) is 13.8 Å². The maximum absolute atomic E-state index is 11.3. The van der Waals surface area contributed by atoms with Gasteiger partial charge in [-0.25, -0.2) is 8.42 Å². The fraction of sp³-hybridized carbons (Fsp3) is 1.00. The van der Waals surface area contributed by atoms with Gasteiger partial charge in [0.05, 0.1) is 4.75 Å². The van der Waals surface area contributed by atoms with Gasteiger partial charge >= 0.3 is 0 Å². The predicted octanol–water partition coefficient (Wildman–Crippen LogP) is 1.61. The van der Waals surface area contributed by atoms with E-state index in [2.05, 4.69) is 13.8 Å². The van der Waals surface area contributed by atoms with E-state index in [4.69, 9.17) is 0 Å². The highest BCUT2D eigenvalue weighted by molar-refractivity contribution is 7.92. The molecule has 0 radical (unpaired) electrons. The first kappa shape index (κ1) is 8.54. The zero-order valence-corrected chi connectivity index (χ0v) is 8.74. The summed E-state index contributed by atoms with van der Waals surface area (Å²) in [6.07, 6.45) is 4.17. The molecular formula is C9H16O2S. The number of sulfone groups is 1. The Hall–Kier alpha value is -0.0500. The van der Waals surface area contributed by atoms with Crippen molar-refractivity contribution in [3.05, 3.63) is 0 Å². The topological polar surface area (TPSA) is 34.1 Å². The third-order valence-electron chi connectivity index (χ3n) is 4.03. The quantitative estimate of drug-likeness (QED) is 0.659. The van der Waals surface area contributed by atoms with Crippen molar-refractivity contribution in [2.45, 2.75) is 37.9 Å². The van der Waals surface area contributed by atoms with Crippen LogP contribution in [0.4, 0.5) is 0 Å². The third kappa shape index (κ3) is 0.734. The molecule has 0 saturated heterocycles. The standard InChI is InChI=1S/C9H16O2S/c1-7(2)8-4-9(5-8,6-8)12(3,10)11/h7H,4-6H2,1-3H3. The maximum atomic E-state index is 11.3. The Morgan fingerprint density at radius 3 is 1.83 bits per heavy atom. The molecule has 0 N–H and O–H groups in total. The van der Waals surface area contributed by atoms with Gasteiger partial charge in [0.15, 0.2) is 9.84 Å². The van der Waals surface area contributed by atoms with Gasteiger partial charge in [-0.15, -0.1) is 0 Å². The monoisotopic (exact) mass is 188 g/mol. The Balaban J connectivity index is 2.15. The Morgan fingerprint density at radius 2 is 1.58 bits per heavy atom. The van der Waals surface area contributed by atoms with E-state index in [1.54, 1.807) is 0 Å².